The molecule has 0 amide bonds. The highest BCUT2D eigenvalue weighted by atomic mass is 79.9. The fourth-order valence-corrected chi connectivity index (χ4v) is 2.11. The van der Waals surface area contributed by atoms with Crippen LogP contribution in [0.25, 0.3) is 10.9 Å². The third-order valence-corrected chi connectivity index (χ3v) is 3.18. The number of ether oxygens (including phenoxy) is 1. The first-order valence-electron chi connectivity index (χ1n) is 6.23. The zero-order valence-electron chi connectivity index (χ0n) is 11.8. The molecular formula is C14H14BrFN2O3. The molecule has 0 radical (unpaired) electrons. The second-order valence-electron chi connectivity index (χ2n) is 5.45. The molecule has 1 aromatic carbocycles. The maximum atomic E-state index is 14.3. The average molecular weight is 357 g/mol. The Labute approximate surface area is 129 Å². The molecule has 2 aromatic rings. The molecule has 0 saturated heterocycles. The van der Waals surface area contributed by atoms with E-state index in [1.807, 2.05) is 0 Å². The highest BCUT2D eigenvalue weighted by molar-refractivity contribution is 9.09. The Hall–Kier alpha value is -1.76. The lowest BCUT2D eigenvalue weighted by molar-refractivity contribution is 0.0522. The lowest BCUT2D eigenvalue weighted by atomic mass is 10.1. The number of Topliss-reactive ketones (excluding diaryl/α,β-unsaturated/α-hetero) is 1. The van der Waals surface area contributed by atoms with Crippen LogP contribution in [0.15, 0.2) is 18.3 Å². The van der Waals surface area contributed by atoms with Gasteiger partial charge in [0.2, 0.25) is 0 Å². The van der Waals surface area contributed by atoms with Crippen molar-refractivity contribution in [2.75, 3.05) is 5.33 Å². The number of fused-ring (bicyclic) bond motifs is 1. The number of aromatic nitrogens is 2. The highest BCUT2D eigenvalue weighted by Crippen LogP contribution is 2.22. The standard InChI is InChI=1S/C14H14BrFN2O3/c1-14(2,3)21-13(20)18-10-5-4-8(11(19)6-15)12(16)9(10)7-17-18/h4-5,7H,6H2,1-3H3. The van der Waals surface area contributed by atoms with Gasteiger partial charge in [-0.2, -0.15) is 9.78 Å². The molecule has 0 aliphatic carbocycles. The van der Waals surface area contributed by atoms with Crippen molar-refractivity contribution in [3.8, 4) is 0 Å². The number of nitrogens with zero attached hydrogens (tertiary/aromatic N) is 2. The average Bonchev–Trinajstić information content (AvgIpc) is 2.81. The molecule has 21 heavy (non-hydrogen) atoms. The normalized spacial score (nSPS) is 11.7. The number of benzene rings is 1. The third-order valence-electron chi connectivity index (χ3n) is 2.68. The van der Waals surface area contributed by atoms with E-state index >= 15 is 0 Å². The Kier molecular flexibility index (Phi) is 4.13. The lowest BCUT2D eigenvalue weighted by Crippen LogP contribution is -2.27. The van der Waals surface area contributed by atoms with Crippen LogP contribution in [0.4, 0.5) is 9.18 Å². The van der Waals surface area contributed by atoms with Gasteiger partial charge in [-0.1, -0.05) is 15.9 Å². The van der Waals surface area contributed by atoms with Gasteiger partial charge in [0, 0.05) is 0 Å². The topological polar surface area (TPSA) is 61.2 Å². The van der Waals surface area contributed by atoms with Crippen molar-refractivity contribution in [2.24, 2.45) is 0 Å². The molecule has 0 unspecified atom stereocenters. The van der Waals surface area contributed by atoms with Crippen LogP contribution in [-0.4, -0.2) is 32.6 Å². The minimum Gasteiger partial charge on any atom is -0.442 e. The fourth-order valence-electron chi connectivity index (χ4n) is 1.81. The molecular weight excluding hydrogens is 343 g/mol. The Morgan fingerprint density at radius 1 is 1.38 bits per heavy atom. The van der Waals surface area contributed by atoms with E-state index in [0.29, 0.717) is 0 Å². The van der Waals surface area contributed by atoms with Gasteiger partial charge in [0.25, 0.3) is 0 Å². The van der Waals surface area contributed by atoms with E-state index in [1.165, 1.54) is 18.3 Å². The number of carbonyl (C=O) groups is 2. The summed E-state index contributed by atoms with van der Waals surface area (Å²) in [6.45, 7) is 5.18. The van der Waals surface area contributed by atoms with E-state index in [2.05, 4.69) is 21.0 Å². The molecule has 0 atom stereocenters. The molecule has 0 aliphatic rings. The summed E-state index contributed by atoms with van der Waals surface area (Å²) in [6, 6.07) is 2.81. The van der Waals surface area contributed by atoms with Crippen LogP contribution < -0.4 is 0 Å². The van der Waals surface area contributed by atoms with Gasteiger partial charge in [-0.15, -0.1) is 0 Å². The van der Waals surface area contributed by atoms with Crippen molar-refractivity contribution < 1.29 is 18.7 Å². The second-order valence-corrected chi connectivity index (χ2v) is 6.01. The molecule has 0 saturated carbocycles. The maximum absolute atomic E-state index is 14.3. The minimum atomic E-state index is -0.698. The van der Waals surface area contributed by atoms with Gasteiger partial charge in [0.05, 0.1) is 28.0 Å². The number of ketones is 1. The van der Waals surface area contributed by atoms with Gasteiger partial charge in [-0.3, -0.25) is 4.79 Å². The van der Waals surface area contributed by atoms with Gasteiger partial charge >= 0.3 is 6.09 Å². The van der Waals surface area contributed by atoms with E-state index < -0.39 is 17.5 Å². The summed E-state index contributed by atoms with van der Waals surface area (Å²) >= 11 is 3.00. The molecule has 112 valence electrons. The Bertz CT molecular complexity index is 719. The van der Waals surface area contributed by atoms with E-state index in [0.717, 1.165) is 4.68 Å². The smallest absolute Gasteiger partial charge is 0.435 e. The quantitative estimate of drug-likeness (QED) is 0.609. The summed E-state index contributed by atoms with van der Waals surface area (Å²) in [5, 5.41) is 3.97. The van der Waals surface area contributed by atoms with Gasteiger partial charge in [-0.05, 0) is 32.9 Å². The number of alkyl halides is 1. The van der Waals surface area contributed by atoms with Crippen LogP contribution in [0.5, 0.6) is 0 Å². The summed E-state index contributed by atoms with van der Waals surface area (Å²) < 4.78 is 20.4. The van der Waals surface area contributed by atoms with Gasteiger partial charge < -0.3 is 4.74 Å². The van der Waals surface area contributed by atoms with E-state index in [1.54, 1.807) is 20.8 Å². The summed E-state index contributed by atoms with van der Waals surface area (Å²) in [7, 11) is 0. The summed E-state index contributed by atoms with van der Waals surface area (Å²) in [4.78, 5) is 23.6. The van der Waals surface area contributed by atoms with Crippen LogP contribution in [0.3, 0.4) is 0 Å². The van der Waals surface area contributed by atoms with Gasteiger partial charge in [0.1, 0.15) is 11.4 Å². The Balaban J connectivity index is 2.49. The maximum Gasteiger partial charge on any atom is 0.435 e. The van der Waals surface area contributed by atoms with E-state index in [-0.39, 0.29) is 27.6 Å². The first-order chi connectivity index (χ1) is 9.74. The van der Waals surface area contributed by atoms with Gasteiger partial charge in [-0.25, -0.2) is 9.18 Å². The molecule has 0 fully saturated rings. The van der Waals surface area contributed by atoms with Crippen molar-refractivity contribution in [2.45, 2.75) is 26.4 Å². The van der Waals surface area contributed by atoms with Crippen LogP contribution in [-0.2, 0) is 4.74 Å². The molecule has 0 spiro atoms. The van der Waals surface area contributed by atoms with E-state index in [4.69, 9.17) is 4.74 Å². The van der Waals surface area contributed by atoms with Crippen LogP contribution in [0, 0.1) is 5.82 Å². The molecule has 0 bridgehead atoms. The predicted octanol–water partition coefficient (Wildman–Crippen LogP) is 3.54. The van der Waals surface area contributed by atoms with Gasteiger partial charge in [0.15, 0.2) is 5.78 Å². The number of carbonyl (C=O) groups excluding carboxylic acids is 2. The summed E-state index contributed by atoms with van der Waals surface area (Å²) in [6.07, 6.45) is 0.510. The molecule has 7 heteroatoms. The third kappa shape index (κ3) is 3.12. The molecule has 1 aromatic heterocycles. The van der Waals surface area contributed by atoms with Crippen molar-refractivity contribution >= 4 is 38.7 Å². The molecule has 5 nitrogen and oxygen atoms in total. The predicted molar refractivity (Wildman–Crippen MR) is 79.4 cm³/mol. The minimum absolute atomic E-state index is 0.0234. The molecule has 1 heterocycles. The number of halogens is 2. The van der Waals surface area contributed by atoms with Crippen LogP contribution in [0.1, 0.15) is 31.1 Å². The number of rotatable bonds is 2. The SMILES string of the molecule is CC(C)(C)OC(=O)n1ncc2c(F)c(C(=O)CBr)ccc21. The Morgan fingerprint density at radius 3 is 2.62 bits per heavy atom. The first kappa shape index (κ1) is 15.6. The molecule has 2 rings (SSSR count). The zero-order valence-corrected chi connectivity index (χ0v) is 13.4. The molecule has 0 aliphatic heterocycles. The first-order valence-corrected chi connectivity index (χ1v) is 7.35. The Morgan fingerprint density at radius 2 is 2.05 bits per heavy atom. The fraction of sp³-hybridized carbons (Fsp3) is 0.357. The zero-order chi connectivity index (χ0) is 15.8. The number of hydrogen-bond donors (Lipinski definition) is 0. The van der Waals surface area contributed by atoms with Crippen molar-refractivity contribution in [1.82, 2.24) is 9.78 Å². The summed E-state index contributed by atoms with van der Waals surface area (Å²) in [5.74, 6) is -1.06. The largest absolute Gasteiger partial charge is 0.442 e. The lowest BCUT2D eigenvalue weighted by Gasteiger charge is -2.19. The number of hydrogen-bond acceptors (Lipinski definition) is 4. The summed E-state index contributed by atoms with van der Waals surface area (Å²) in [5.41, 5.74) is -0.462. The van der Waals surface area contributed by atoms with Crippen molar-refractivity contribution in [3.05, 3.63) is 29.7 Å². The van der Waals surface area contributed by atoms with E-state index in [9.17, 15) is 14.0 Å². The molecule has 0 N–H and O–H groups in total. The van der Waals surface area contributed by atoms with Crippen molar-refractivity contribution in [3.63, 3.8) is 0 Å². The van der Waals surface area contributed by atoms with Crippen LogP contribution in [0.2, 0.25) is 0 Å². The second kappa shape index (κ2) is 5.55. The van der Waals surface area contributed by atoms with Crippen molar-refractivity contribution in [1.29, 1.82) is 0 Å². The monoisotopic (exact) mass is 356 g/mol. The highest BCUT2D eigenvalue weighted by Gasteiger charge is 2.22. The van der Waals surface area contributed by atoms with Crippen LogP contribution >= 0.6 is 15.9 Å².